The zero-order chi connectivity index (χ0) is 13.4. The zero-order valence-electron chi connectivity index (χ0n) is 12.0. The lowest BCUT2D eigenvalue weighted by atomic mass is 10.0. The van der Waals surface area contributed by atoms with Gasteiger partial charge in [-0.25, -0.2) is 0 Å². The van der Waals surface area contributed by atoms with Crippen LogP contribution in [0.1, 0.15) is 46.7 Å². The van der Waals surface area contributed by atoms with E-state index in [1.54, 1.807) is 0 Å². The van der Waals surface area contributed by atoms with Gasteiger partial charge in [0, 0.05) is 34.9 Å². The van der Waals surface area contributed by atoms with Gasteiger partial charge in [0.2, 0.25) is 0 Å². The van der Waals surface area contributed by atoms with Crippen LogP contribution >= 0.6 is 0 Å². The molecule has 0 aliphatic rings. The average Bonchev–Trinajstić information content (AvgIpc) is 2.81. The summed E-state index contributed by atoms with van der Waals surface area (Å²) >= 11 is 0. The van der Waals surface area contributed by atoms with E-state index in [-0.39, 0.29) is 0 Å². The Morgan fingerprint density at radius 3 is 2.33 bits per heavy atom. The lowest BCUT2D eigenvalue weighted by Gasteiger charge is -2.13. The lowest BCUT2D eigenvalue weighted by molar-refractivity contribution is 0.809. The first-order valence-corrected chi connectivity index (χ1v) is 6.42. The van der Waals surface area contributed by atoms with E-state index in [0.29, 0.717) is 5.92 Å². The van der Waals surface area contributed by atoms with Gasteiger partial charge in [0.1, 0.15) is 0 Å². The predicted molar refractivity (Wildman–Crippen MR) is 78.1 cm³/mol. The minimum absolute atomic E-state index is 0.350. The van der Waals surface area contributed by atoms with Crippen LogP contribution in [0.3, 0.4) is 0 Å². The summed E-state index contributed by atoms with van der Waals surface area (Å²) in [6, 6.07) is 4.50. The molecule has 0 fully saturated rings. The Bertz CT molecular complexity index is 565. The smallest absolute Gasteiger partial charge is 0.0369 e. The molecule has 0 radical (unpaired) electrons. The summed E-state index contributed by atoms with van der Waals surface area (Å²) in [7, 11) is 0. The Labute approximate surface area is 109 Å². The van der Waals surface area contributed by atoms with Crippen molar-refractivity contribution in [1.82, 2.24) is 9.55 Å². The molecule has 18 heavy (non-hydrogen) atoms. The maximum atomic E-state index is 3.92. The van der Waals surface area contributed by atoms with E-state index < -0.39 is 0 Å². The monoisotopic (exact) mass is 242 g/mol. The Morgan fingerprint density at radius 2 is 1.83 bits per heavy atom. The summed E-state index contributed by atoms with van der Waals surface area (Å²) in [6.07, 6.45) is 1.90. The van der Waals surface area contributed by atoms with Gasteiger partial charge in [-0.3, -0.25) is 0 Å². The number of rotatable bonds is 3. The highest BCUT2D eigenvalue weighted by atomic mass is 15.0. The highest BCUT2D eigenvalue weighted by Gasteiger charge is 2.17. The molecule has 2 heteroatoms. The molecule has 2 aromatic heterocycles. The van der Waals surface area contributed by atoms with Gasteiger partial charge in [-0.2, -0.15) is 0 Å². The van der Waals surface area contributed by atoms with E-state index >= 15 is 0 Å². The number of nitrogens with zero attached hydrogens (tertiary/aromatic N) is 1. The topological polar surface area (TPSA) is 20.7 Å². The average molecular weight is 242 g/mol. The van der Waals surface area contributed by atoms with E-state index in [1.165, 1.54) is 33.9 Å². The van der Waals surface area contributed by atoms with Crippen molar-refractivity contribution in [1.29, 1.82) is 0 Å². The predicted octanol–water partition coefficient (Wildman–Crippen LogP) is 4.30. The van der Waals surface area contributed by atoms with Crippen LogP contribution < -0.4 is 0 Å². The summed E-state index contributed by atoms with van der Waals surface area (Å²) in [4.78, 5) is 3.47. The van der Waals surface area contributed by atoms with Crippen molar-refractivity contribution in [3.63, 3.8) is 0 Å². The normalized spacial score (nSPS) is 12.7. The fourth-order valence-electron chi connectivity index (χ4n) is 2.44. The fourth-order valence-corrected chi connectivity index (χ4v) is 2.44. The van der Waals surface area contributed by atoms with Crippen LogP contribution in [0, 0.1) is 27.7 Å². The molecule has 0 aliphatic heterocycles. The van der Waals surface area contributed by atoms with Gasteiger partial charge < -0.3 is 9.55 Å². The van der Waals surface area contributed by atoms with Crippen LogP contribution in [0.2, 0.25) is 0 Å². The first kappa shape index (κ1) is 12.7. The molecular formula is C16H22N2. The van der Waals surface area contributed by atoms with Crippen LogP contribution in [-0.2, 0) is 0 Å². The summed E-state index contributed by atoms with van der Waals surface area (Å²) < 4.78 is 2.19. The lowest BCUT2D eigenvalue weighted by Crippen LogP contribution is -2.03. The number of hydrogen-bond donors (Lipinski definition) is 1. The molecule has 1 N–H and O–H groups in total. The Hall–Kier alpha value is -1.70. The maximum absolute atomic E-state index is 3.92. The molecule has 2 aromatic rings. The Balaban J connectivity index is 2.48. The van der Waals surface area contributed by atoms with Crippen molar-refractivity contribution < 1.29 is 0 Å². The SMILES string of the molecule is C=Cn1c([C@@H](C)c2cc(C)c(C)[nH]2)cc(C)c1C. The van der Waals surface area contributed by atoms with E-state index in [2.05, 4.69) is 62.9 Å². The van der Waals surface area contributed by atoms with Crippen molar-refractivity contribution in [2.75, 3.05) is 0 Å². The minimum Gasteiger partial charge on any atom is -0.362 e. The van der Waals surface area contributed by atoms with Crippen LogP contribution in [-0.4, -0.2) is 9.55 Å². The second kappa shape index (κ2) is 4.52. The van der Waals surface area contributed by atoms with Gasteiger partial charge in [0.05, 0.1) is 0 Å². The van der Waals surface area contributed by atoms with Crippen molar-refractivity contribution in [2.45, 2.75) is 40.5 Å². The third-order valence-electron chi connectivity index (χ3n) is 3.96. The Morgan fingerprint density at radius 1 is 1.17 bits per heavy atom. The number of nitrogens with one attached hydrogen (secondary N) is 1. The standard InChI is InChI=1S/C16H22N2/c1-7-18-14(6)11(3)9-16(18)12(4)15-8-10(2)13(5)17-15/h7-9,12,17H,1H2,2-6H3/t12-/m0/s1. The van der Waals surface area contributed by atoms with Gasteiger partial charge in [0.15, 0.2) is 0 Å². The maximum Gasteiger partial charge on any atom is 0.0369 e. The number of aryl methyl sites for hydroxylation is 3. The van der Waals surface area contributed by atoms with Crippen LogP contribution in [0.25, 0.3) is 6.20 Å². The summed E-state index contributed by atoms with van der Waals surface area (Å²) in [5.41, 5.74) is 7.72. The van der Waals surface area contributed by atoms with E-state index in [0.717, 1.165) is 0 Å². The molecule has 2 nitrogen and oxygen atoms in total. The van der Waals surface area contributed by atoms with E-state index in [4.69, 9.17) is 0 Å². The van der Waals surface area contributed by atoms with Crippen molar-refractivity contribution in [2.24, 2.45) is 0 Å². The number of aromatic nitrogens is 2. The highest BCUT2D eigenvalue weighted by molar-refractivity contribution is 5.41. The van der Waals surface area contributed by atoms with E-state index in [1.807, 2.05) is 6.20 Å². The number of hydrogen-bond acceptors (Lipinski definition) is 0. The molecule has 2 rings (SSSR count). The van der Waals surface area contributed by atoms with Crippen LogP contribution in [0.4, 0.5) is 0 Å². The van der Waals surface area contributed by atoms with Gasteiger partial charge >= 0.3 is 0 Å². The molecule has 0 bridgehead atoms. The second-order valence-corrected chi connectivity index (χ2v) is 5.14. The molecule has 0 amide bonds. The molecule has 96 valence electrons. The molecule has 0 saturated heterocycles. The summed E-state index contributed by atoms with van der Waals surface area (Å²) in [5.74, 6) is 0.350. The molecule has 0 aliphatic carbocycles. The van der Waals surface area contributed by atoms with Gasteiger partial charge in [-0.05, 0) is 51.0 Å². The molecule has 2 heterocycles. The third kappa shape index (κ3) is 1.92. The zero-order valence-corrected chi connectivity index (χ0v) is 12.0. The van der Waals surface area contributed by atoms with E-state index in [9.17, 15) is 0 Å². The second-order valence-electron chi connectivity index (χ2n) is 5.14. The van der Waals surface area contributed by atoms with Gasteiger partial charge in [0.25, 0.3) is 0 Å². The molecule has 0 unspecified atom stereocenters. The van der Waals surface area contributed by atoms with Gasteiger partial charge in [-0.15, -0.1) is 0 Å². The summed E-state index contributed by atoms with van der Waals surface area (Å²) in [6.45, 7) is 14.7. The quantitative estimate of drug-likeness (QED) is 0.828. The van der Waals surface area contributed by atoms with Gasteiger partial charge in [-0.1, -0.05) is 13.5 Å². The van der Waals surface area contributed by atoms with Crippen LogP contribution in [0.5, 0.6) is 0 Å². The molecule has 1 atom stereocenters. The van der Waals surface area contributed by atoms with Crippen molar-refractivity contribution in [3.8, 4) is 0 Å². The number of aromatic amines is 1. The van der Waals surface area contributed by atoms with Crippen molar-refractivity contribution in [3.05, 3.63) is 52.6 Å². The fraction of sp³-hybridized carbons (Fsp3) is 0.375. The first-order valence-electron chi connectivity index (χ1n) is 6.42. The molecule has 0 spiro atoms. The molecule has 0 aromatic carbocycles. The van der Waals surface area contributed by atoms with Crippen LogP contribution in [0.15, 0.2) is 18.7 Å². The number of H-pyrrole nitrogens is 1. The summed E-state index contributed by atoms with van der Waals surface area (Å²) in [5, 5.41) is 0. The minimum atomic E-state index is 0.350. The van der Waals surface area contributed by atoms with Crippen molar-refractivity contribution >= 4 is 6.20 Å². The Kier molecular flexibility index (Phi) is 3.20. The largest absolute Gasteiger partial charge is 0.362 e. The molecular weight excluding hydrogens is 220 g/mol. The highest BCUT2D eigenvalue weighted by Crippen LogP contribution is 2.28. The first-order chi connectivity index (χ1) is 8.45. The molecule has 0 saturated carbocycles. The third-order valence-corrected chi connectivity index (χ3v) is 3.96.